The molecule has 8 heteroatoms. The minimum absolute atomic E-state index is 0.0701. The van der Waals surface area contributed by atoms with Crippen LogP contribution in [0.25, 0.3) is 0 Å². The van der Waals surface area contributed by atoms with E-state index in [1.165, 1.54) is 6.39 Å². The summed E-state index contributed by atoms with van der Waals surface area (Å²) < 4.78 is 7.24. The fourth-order valence-electron chi connectivity index (χ4n) is 3.03. The van der Waals surface area contributed by atoms with Crippen LogP contribution in [0, 0.1) is 0 Å². The van der Waals surface area contributed by atoms with Gasteiger partial charge in [-0.2, -0.15) is 0 Å². The van der Waals surface area contributed by atoms with Crippen molar-refractivity contribution in [2.45, 2.75) is 45.2 Å². The minimum Gasteiger partial charge on any atom is -0.448 e. The first-order valence-corrected chi connectivity index (χ1v) is 7.90. The Hall–Kier alpha value is -2.22. The molecule has 1 fully saturated rings. The second-order valence-corrected chi connectivity index (χ2v) is 6.26. The molecule has 1 saturated heterocycles. The van der Waals surface area contributed by atoms with Crippen LogP contribution in [0.5, 0.6) is 0 Å². The molecule has 2 aromatic heterocycles. The molecule has 3 heterocycles. The normalized spacial score (nSPS) is 19.3. The van der Waals surface area contributed by atoms with E-state index in [2.05, 4.69) is 33.8 Å². The summed E-state index contributed by atoms with van der Waals surface area (Å²) in [5.41, 5.74) is 6.21. The highest BCUT2D eigenvalue weighted by Gasteiger charge is 2.25. The Bertz CT molecular complexity index is 677. The van der Waals surface area contributed by atoms with Crippen molar-refractivity contribution >= 4 is 5.91 Å². The molecule has 0 aliphatic carbocycles. The molecule has 2 aromatic rings. The first-order chi connectivity index (χ1) is 11.0. The molecule has 0 spiro atoms. The molecule has 23 heavy (non-hydrogen) atoms. The molecule has 3 rings (SSSR count). The van der Waals surface area contributed by atoms with Gasteiger partial charge >= 0.3 is 0 Å². The van der Waals surface area contributed by atoms with E-state index < -0.39 is 5.91 Å². The number of amides is 1. The van der Waals surface area contributed by atoms with E-state index in [0.29, 0.717) is 5.92 Å². The molecule has 8 nitrogen and oxygen atoms in total. The molecule has 2 N–H and O–H groups in total. The molecular weight excluding hydrogens is 296 g/mol. The van der Waals surface area contributed by atoms with Crippen LogP contribution in [0.3, 0.4) is 0 Å². The van der Waals surface area contributed by atoms with Crippen molar-refractivity contribution in [2.75, 3.05) is 13.1 Å². The standard InChI is InChI=1S/C15H22N6O2/c1-10(2)13-12(18-9-23-13)7-20-5-3-4-11(6-20)21-8-17-15(19-21)14(16)22/h8-11H,3-7H2,1-2H3,(H2,16,22)/t11-/m0/s1. The van der Waals surface area contributed by atoms with Crippen molar-refractivity contribution in [2.24, 2.45) is 5.73 Å². The van der Waals surface area contributed by atoms with Gasteiger partial charge < -0.3 is 10.2 Å². The molecule has 124 valence electrons. The third kappa shape index (κ3) is 3.42. The first kappa shape index (κ1) is 15.7. The smallest absolute Gasteiger partial charge is 0.288 e. The Morgan fingerprint density at radius 3 is 3.00 bits per heavy atom. The third-order valence-electron chi connectivity index (χ3n) is 4.15. The van der Waals surface area contributed by atoms with Gasteiger partial charge in [-0.3, -0.25) is 9.69 Å². The Morgan fingerprint density at radius 2 is 2.30 bits per heavy atom. The van der Waals surface area contributed by atoms with Crippen LogP contribution in [-0.4, -0.2) is 43.6 Å². The summed E-state index contributed by atoms with van der Waals surface area (Å²) in [6.07, 6.45) is 5.17. The number of nitrogens with zero attached hydrogens (tertiary/aromatic N) is 5. The van der Waals surface area contributed by atoms with Gasteiger partial charge in [0.05, 0.1) is 11.7 Å². The zero-order valence-electron chi connectivity index (χ0n) is 13.5. The van der Waals surface area contributed by atoms with Gasteiger partial charge in [-0.15, -0.1) is 5.10 Å². The van der Waals surface area contributed by atoms with Crippen LogP contribution in [-0.2, 0) is 6.54 Å². The summed E-state index contributed by atoms with van der Waals surface area (Å²) in [5, 5.41) is 4.18. The number of aromatic nitrogens is 4. The largest absolute Gasteiger partial charge is 0.448 e. The number of likely N-dealkylation sites (tertiary alicyclic amines) is 1. The van der Waals surface area contributed by atoms with E-state index in [-0.39, 0.29) is 11.9 Å². The quantitative estimate of drug-likeness (QED) is 0.892. The van der Waals surface area contributed by atoms with Crippen LogP contribution >= 0.6 is 0 Å². The summed E-state index contributed by atoms with van der Waals surface area (Å²) in [7, 11) is 0. The maximum atomic E-state index is 11.1. The summed E-state index contributed by atoms with van der Waals surface area (Å²) >= 11 is 0. The lowest BCUT2D eigenvalue weighted by molar-refractivity contribution is 0.0989. The lowest BCUT2D eigenvalue weighted by Crippen LogP contribution is -2.36. The average molecular weight is 318 g/mol. The van der Waals surface area contributed by atoms with Crippen LogP contribution in [0.15, 0.2) is 17.1 Å². The minimum atomic E-state index is -0.597. The number of hydrogen-bond acceptors (Lipinski definition) is 6. The summed E-state index contributed by atoms with van der Waals surface area (Å²) in [4.78, 5) is 21.8. The molecule has 1 amide bonds. The van der Waals surface area contributed by atoms with Crippen LogP contribution in [0.1, 0.15) is 60.7 Å². The van der Waals surface area contributed by atoms with Gasteiger partial charge in [0.15, 0.2) is 6.39 Å². The van der Waals surface area contributed by atoms with Crippen molar-refractivity contribution in [1.29, 1.82) is 0 Å². The van der Waals surface area contributed by atoms with Gasteiger partial charge in [-0.05, 0) is 19.4 Å². The maximum Gasteiger partial charge on any atom is 0.288 e. The van der Waals surface area contributed by atoms with Crippen LogP contribution in [0.2, 0.25) is 0 Å². The van der Waals surface area contributed by atoms with Gasteiger partial charge in [0.25, 0.3) is 5.91 Å². The molecule has 0 saturated carbocycles. The number of oxazole rings is 1. The van der Waals surface area contributed by atoms with Crippen molar-refractivity contribution in [3.63, 3.8) is 0 Å². The predicted molar refractivity (Wildman–Crippen MR) is 82.7 cm³/mol. The summed E-state index contributed by atoms with van der Waals surface area (Å²) in [5.74, 6) is 0.742. The fraction of sp³-hybridized carbons (Fsp3) is 0.600. The lowest BCUT2D eigenvalue weighted by atomic mass is 10.0. The van der Waals surface area contributed by atoms with E-state index in [0.717, 1.165) is 43.9 Å². The highest BCUT2D eigenvalue weighted by atomic mass is 16.3. The van der Waals surface area contributed by atoms with E-state index in [4.69, 9.17) is 10.2 Å². The lowest BCUT2D eigenvalue weighted by Gasteiger charge is -2.32. The van der Waals surface area contributed by atoms with Gasteiger partial charge in [-0.1, -0.05) is 13.8 Å². The van der Waals surface area contributed by atoms with E-state index >= 15 is 0 Å². The average Bonchev–Trinajstić information content (AvgIpc) is 3.16. The molecule has 1 atom stereocenters. The van der Waals surface area contributed by atoms with Crippen molar-refractivity contribution in [3.05, 3.63) is 30.0 Å². The third-order valence-corrected chi connectivity index (χ3v) is 4.15. The highest BCUT2D eigenvalue weighted by Crippen LogP contribution is 2.24. The van der Waals surface area contributed by atoms with E-state index in [1.54, 1.807) is 11.0 Å². The Balaban J connectivity index is 1.68. The van der Waals surface area contributed by atoms with Crippen LogP contribution < -0.4 is 5.73 Å². The molecule has 0 aromatic carbocycles. The second kappa shape index (κ2) is 6.49. The number of piperidine rings is 1. The predicted octanol–water partition coefficient (Wildman–Crippen LogP) is 1.33. The first-order valence-electron chi connectivity index (χ1n) is 7.90. The maximum absolute atomic E-state index is 11.1. The topological polar surface area (TPSA) is 103 Å². The highest BCUT2D eigenvalue weighted by molar-refractivity contribution is 5.88. The molecule has 0 bridgehead atoms. The molecular formula is C15H22N6O2. The van der Waals surface area contributed by atoms with Crippen molar-refractivity contribution < 1.29 is 9.21 Å². The number of carbonyl (C=O) groups is 1. The number of hydrogen-bond donors (Lipinski definition) is 1. The zero-order valence-corrected chi connectivity index (χ0v) is 13.5. The number of rotatable bonds is 5. The fourth-order valence-corrected chi connectivity index (χ4v) is 3.03. The van der Waals surface area contributed by atoms with Crippen LogP contribution in [0.4, 0.5) is 0 Å². The Kier molecular flexibility index (Phi) is 4.42. The van der Waals surface area contributed by atoms with Gasteiger partial charge in [0, 0.05) is 19.0 Å². The monoisotopic (exact) mass is 318 g/mol. The summed E-state index contributed by atoms with van der Waals surface area (Å²) in [6, 6.07) is 0.193. The number of primary amides is 1. The Labute approximate surface area is 134 Å². The molecule has 1 aliphatic rings. The molecule has 0 unspecified atom stereocenters. The van der Waals surface area contributed by atoms with Crippen molar-refractivity contribution in [1.82, 2.24) is 24.6 Å². The van der Waals surface area contributed by atoms with E-state index in [1.807, 2.05) is 0 Å². The number of nitrogens with two attached hydrogens (primary N) is 1. The van der Waals surface area contributed by atoms with Gasteiger partial charge in [-0.25, -0.2) is 14.6 Å². The molecule has 0 radical (unpaired) electrons. The summed E-state index contributed by atoms with van der Waals surface area (Å²) in [6.45, 7) is 6.82. The molecule has 1 aliphatic heterocycles. The SMILES string of the molecule is CC(C)c1ocnc1CN1CCC[C@H](n2cnc(C(N)=O)n2)C1. The van der Waals surface area contributed by atoms with E-state index in [9.17, 15) is 4.79 Å². The van der Waals surface area contributed by atoms with Gasteiger partial charge in [0.2, 0.25) is 5.82 Å². The number of carbonyl (C=O) groups excluding carboxylic acids is 1. The Morgan fingerprint density at radius 1 is 1.48 bits per heavy atom. The zero-order chi connectivity index (χ0) is 16.4. The second-order valence-electron chi connectivity index (χ2n) is 6.26. The van der Waals surface area contributed by atoms with Gasteiger partial charge in [0.1, 0.15) is 12.1 Å². The van der Waals surface area contributed by atoms with Crippen molar-refractivity contribution in [3.8, 4) is 0 Å².